The fourth-order valence-electron chi connectivity index (χ4n) is 1.72. The Hall–Kier alpha value is -1.13. The minimum atomic E-state index is 0.510. The fraction of sp³-hybridized carbons (Fsp3) is 0.231. The molecular weight excluding hydrogens is 314 g/mol. The molecule has 1 aromatic carbocycles. The summed E-state index contributed by atoms with van der Waals surface area (Å²) in [5.41, 5.74) is 8.60. The first kappa shape index (κ1) is 13.3. The molecule has 0 unspecified atom stereocenters. The van der Waals surface area contributed by atoms with Crippen LogP contribution in [0.1, 0.15) is 18.2 Å². The Bertz CT molecular complexity index is 599. The van der Waals surface area contributed by atoms with Gasteiger partial charge in [0.25, 0.3) is 0 Å². The number of halogens is 2. The Balaban J connectivity index is 2.60. The Morgan fingerprint density at radius 1 is 1.33 bits per heavy atom. The largest absolute Gasteiger partial charge is 0.383 e. The van der Waals surface area contributed by atoms with E-state index in [4.69, 9.17) is 17.3 Å². The molecule has 94 valence electrons. The molecule has 0 bridgehead atoms. The van der Waals surface area contributed by atoms with Gasteiger partial charge in [0.1, 0.15) is 5.82 Å². The van der Waals surface area contributed by atoms with Crippen LogP contribution in [0.5, 0.6) is 0 Å². The molecule has 0 amide bonds. The molecule has 0 aliphatic heterocycles. The van der Waals surface area contributed by atoms with Gasteiger partial charge in [-0.1, -0.05) is 34.5 Å². The molecule has 2 aromatic rings. The summed E-state index contributed by atoms with van der Waals surface area (Å²) < 4.78 is 0.923. The standard InChI is InChI=1S/C13H13BrClN3/c1-3-11-7(2)12(16)18-13(17-11)9-5-4-8(14)6-10(9)15/h4-6H,3H2,1-2H3,(H2,16,17,18). The maximum Gasteiger partial charge on any atom is 0.163 e. The van der Waals surface area contributed by atoms with Gasteiger partial charge in [0, 0.05) is 21.3 Å². The predicted octanol–water partition coefficient (Wildman–Crippen LogP) is 4.01. The number of nitrogen functional groups attached to an aromatic ring is 1. The van der Waals surface area contributed by atoms with Crippen molar-refractivity contribution in [3.05, 3.63) is 39.0 Å². The topological polar surface area (TPSA) is 51.8 Å². The molecule has 0 saturated heterocycles. The van der Waals surface area contributed by atoms with Crippen LogP contribution in [0, 0.1) is 6.92 Å². The number of hydrogen-bond acceptors (Lipinski definition) is 3. The number of anilines is 1. The van der Waals surface area contributed by atoms with Crippen LogP contribution in [-0.2, 0) is 6.42 Å². The van der Waals surface area contributed by atoms with Gasteiger partial charge in [0.05, 0.1) is 5.02 Å². The van der Waals surface area contributed by atoms with Crippen molar-refractivity contribution in [3.8, 4) is 11.4 Å². The van der Waals surface area contributed by atoms with E-state index >= 15 is 0 Å². The molecule has 0 fully saturated rings. The van der Waals surface area contributed by atoms with Crippen molar-refractivity contribution in [1.29, 1.82) is 0 Å². The smallest absolute Gasteiger partial charge is 0.163 e. The maximum absolute atomic E-state index is 6.20. The van der Waals surface area contributed by atoms with Crippen LogP contribution >= 0.6 is 27.5 Å². The maximum atomic E-state index is 6.20. The fourth-order valence-corrected chi connectivity index (χ4v) is 2.48. The second-order valence-electron chi connectivity index (χ2n) is 3.98. The predicted molar refractivity (Wildman–Crippen MR) is 78.7 cm³/mol. The van der Waals surface area contributed by atoms with E-state index in [-0.39, 0.29) is 0 Å². The lowest BCUT2D eigenvalue weighted by Gasteiger charge is -2.09. The van der Waals surface area contributed by atoms with Crippen LogP contribution in [0.15, 0.2) is 22.7 Å². The lowest BCUT2D eigenvalue weighted by atomic mass is 10.1. The zero-order valence-electron chi connectivity index (χ0n) is 10.2. The highest BCUT2D eigenvalue weighted by Gasteiger charge is 2.11. The lowest BCUT2D eigenvalue weighted by molar-refractivity contribution is 0.982. The molecule has 2 N–H and O–H groups in total. The van der Waals surface area contributed by atoms with E-state index in [0.29, 0.717) is 16.7 Å². The molecule has 3 nitrogen and oxygen atoms in total. The van der Waals surface area contributed by atoms with Crippen molar-refractivity contribution in [3.63, 3.8) is 0 Å². The molecule has 2 rings (SSSR count). The van der Waals surface area contributed by atoms with Crippen LogP contribution < -0.4 is 5.73 Å². The van der Waals surface area contributed by atoms with Gasteiger partial charge in [-0.25, -0.2) is 9.97 Å². The molecule has 5 heteroatoms. The second-order valence-corrected chi connectivity index (χ2v) is 5.30. The van der Waals surface area contributed by atoms with E-state index < -0.39 is 0 Å². The molecule has 1 aromatic heterocycles. The van der Waals surface area contributed by atoms with E-state index in [2.05, 4.69) is 25.9 Å². The number of nitrogens with zero attached hydrogens (tertiary/aromatic N) is 2. The highest BCUT2D eigenvalue weighted by atomic mass is 79.9. The number of hydrogen-bond donors (Lipinski definition) is 1. The van der Waals surface area contributed by atoms with Crippen LogP contribution in [0.25, 0.3) is 11.4 Å². The van der Waals surface area contributed by atoms with Gasteiger partial charge >= 0.3 is 0 Å². The quantitative estimate of drug-likeness (QED) is 0.907. The minimum Gasteiger partial charge on any atom is -0.383 e. The number of aromatic nitrogens is 2. The van der Waals surface area contributed by atoms with Crippen LogP contribution in [0.2, 0.25) is 5.02 Å². The Morgan fingerprint density at radius 2 is 2.06 bits per heavy atom. The monoisotopic (exact) mass is 325 g/mol. The highest BCUT2D eigenvalue weighted by Crippen LogP contribution is 2.29. The zero-order chi connectivity index (χ0) is 13.3. The second kappa shape index (κ2) is 5.24. The van der Waals surface area contributed by atoms with Crippen molar-refractivity contribution in [2.45, 2.75) is 20.3 Å². The van der Waals surface area contributed by atoms with E-state index in [1.807, 2.05) is 32.0 Å². The first-order valence-electron chi connectivity index (χ1n) is 5.61. The summed E-state index contributed by atoms with van der Waals surface area (Å²) in [7, 11) is 0. The molecule has 0 aliphatic rings. The summed E-state index contributed by atoms with van der Waals surface area (Å²) in [4.78, 5) is 8.83. The third-order valence-corrected chi connectivity index (χ3v) is 3.60. The van der Waals surface area contributed by atoms with Crippen LogP contribution in [0.3, 0.4) is 0 Å². The SMILES string of the molecule is CCc1nc(-c2ccc(Br)cc2Cl)nc(N)c1C. The van der Waals surface area contributed by atoms with Crippen molar-refractivity contribution in [1.82, 2.24) is 9.97 Å². The molecule has 18 heavy (non-hydrogen) atoms. The average molecular weight is 327 g/mol. The van der Waals surface area contributed by atoms with E-state index in [0.717, 1.165) is 27.7 Å². The van der Waals surface area contributed by atoms with Gasteiger partial charge in [0.2, 0.25) is 0 Å². The van der Waals surface area contributed by atoms with Crippen molar-refractivity contribution in [2.24, 2.45) is 0 Å². The number of benzene rings is 1. The van der Waals surface area contributed by atoms with Crippen molar-refractivity contribution < 1.29 is 0 Å². The highest BCUT2D eigenvalue weighted by molar-refractivity contribution is 9.10. The summed E-state index contributed by atoms with van der Waals surface area (Å²) >= 11 is 9.57. The summed E-state index contributed by atoms with van der Waals surface area (Å²) in [6.07, 6.45) is 0.819. The van der Waals surface area contributed by atoms with Gasteiger partial charge < -0.3 is 5.73 Å². The van der Waals surface area contributed by atoms with Gasteiger partial charge in [-0.05, 0) is 31.5 Å². The summed E-state index contributed by atoms with van der Waals surface area (Å²) in [5, 5.41) is 0.606. The summed E-state index contributed by atoms with van der Waals surface area (Å²) in [5.74, 6) is 1.09. The van der Waals surface area contributed by atoms with E-state index in [9.17, 15) is 0 Å². The average Bonchev–Trinajstić information content (AvgIpc) is 2.32. The molecular formula is C13H13BrClN3. The number of nitrogens with two attached hydrogens (primary N) is 1. The first-order valence-corrected chi connectivity index (χ1v) is 6.78. The van der Waals surface area contributed by atoms with Crippen molar-refractivity contribution in [2.75, 3.05) is 5.73 Å². The third-order valence-electron chi connectivity index (χ3n) is 2.79. The van der Waals surface area contributed by atoms with E-state index in [1.165, 1.54) is 0 Å². The van der Waals surface area contributed by atoms with Gasteiger partial charge in [-0.15, -0.1) is 0 Å². The van der Waals surface area contributed by atoms with Crippen molar-refractivity contribution >= 4 is 33.3 Å². The molecule has 0 aliphatic carbocycles. The van der Waals surface area contributed by atoms with E-state index in [1.54, 1.807) is 0 Å². The molecule has 0 spiro atoms. The normalized spacial score (nSPS) is 10.7. The zero-order valence-corrected chi connectivity index (χ0v) is 12.5. The minimum absolute atomic E-state index is 0.510. The number of aryl methyl sites for hydroxylation is 1. The van der Waals surface area contributed by atoms with Gasteiger partial charge in [-0.2, -0.15) is 0 Å². The first-order chi connectivity index (χ1) is 8.52. The molecule has 1 heterocycles. The third kappa shape index (κ3) is 2.49. The number of rotatable bonds is 2. The summed E-state index contributed by atoms with van der Waals surface area (Å²) in [6, 6.07) is 5.62. The van der Waals surface area contributed by atoms with Gasteiger partial charge in [-0.3, -0.25) is 0 Å². The molecule has 0 saturated carbocycles. The Morgan fingerprint density at radius 3 is 2.67 bits per heavy atom. The van der Waals surface area contributed by atoms with Crippen LogP contribution in [-0.4, -0.2) is 9.97 Å². The summed E-state index contributed by atoms with van der Waals surface area (Å²) in [6.45, 7) is 3.98. The molecule has 0 radical (unpaired) electrons. The molecule has 0 atom stereocenters. The van der Waals surface area contributed by atoms with Gasteiger partial charge in [0.15, 0.2) is 5.82 Å². The Kier molecular flexibility index (Phi) is 3.88. The lowest BCUT2D eigenvalue weighted by Crippen LogP contribution is -2.04. The van der Waals surface area contributed by atoms with Crippen LogP contribution in [0.4, 0.5) is 5.82 Å². The Labute approximate surface area is 120 Å².